The summed E-state index contributed by atoms with van der Waals surface area (Å²) in [5.41, 5.74) is 2.26. The predicted molar refractivity (Wildman–Crippen MR) is 93.7 cm³/mol. The molecule has 6 nitrogen and oxygen atoms in total. The zero-order valence-corrected chi connectivity index (χ0v) is 14.0. The van der Waals surface area contributed by atoms with Gasteiger partial charge in [-0.25, -0.2) is 0 Å². The lowest BCUT2D eigenvalue weighted by Crippen LogP contribution is -2.27. The lowest BCUT2D eigenvalue weighted by atomic mass is 9.97. The van der Waals surface area contributed by atoms with Crippen LogP contribution >= 0.6 is 0 Å². The number of carbonyl (C=O) groups is 2. The zero-order chi connectivity index (χ0) is 18.2. The standard InChI is InChI=1S/C19H19NO5/c1-24-15-7-3-13(4-8-15)17(11-18(21)20-12-19(22)23)14-5-9-16(25-2)10-6-14/h3-11H,12H2,1-2H3,(H,20,21)(H,22,23). The molecule has 0 aromatic heterocycles. The van der Waals surface area contributed by atoms with Gasteiger partial charge in [0, 0.05) is 6.08 Å². The van der Waals surface area contributed by atoms with Gasteiger partial charge >= 0.3 is 5.97 Å². The SMILES string of the molecule is COc1ccc(C(=CC(=O)NCC(=O)O)c2ccc(OC)cc2)cc1. The molecular weight excluding hydrogens is 322 g/mol. The van der Waals surface area contributed by atoms with Crippen LogP contribution in [0.3, 0.4) is 0 Å². The monoisotopic (exact) mass is 341 g/mol. The van der Waals surface area contributed by atoms with Gasteiger partial charge in [0.25, 0.3) is 0 Å². The number of amides is 1. The van der Waals surface area contributed by atoms with E-state index in [1.54, 1.807) is 38.5 Å². The van der Waals surface area contributed by atoms with Gasteiger partial charge in [-0.15, -0.1) is 0 Å². The number of benzene rings is 2. The van der Waals surface area contributed by atoms with Gasteiger partial charge in [-0.1, -0.05) is 24.3 Å². The highest BCUT2D eigenvalue weighted by Gasteiger charge is 2.09. The number of nitrogens with one attached hydrogen (secondary N) is 1. The van der Waals surface area contributed by atoms with Gasteiger partial charge in [-0.2, -0.15) is 0 Å². The fraction of sp³-hybridized carbons (Fsp3) is 0.158. The van der Waals surface area contributed by atoms with E-state index in [0.717, 1.165) is 11.1 Å². The van der Waals surface area contributed by atoms with Crippen LogP contribution < -0.4 is 14.8 Å². The summed E-state index contributed by atoms with van der Waals surface area (Å²) >= 11 is 0. The smallest absolute Gasteiger partial charge is 0.322 e. The molecule has 0 spiro atoms. The number of carboxylic acid groups (broad SMARTS) is 1. The van der Waals surface area contributed by atoms with Crippen LogP contribution in [0.5, 0.6) is 11.5 Å². The summed E-state index contributed by atoms with van der Waals surface area (Å²) in [4.78, 5) is 22.7. The fourth-order valence-corrected chi connectivity index (χ4v) is 2.22. The molecule has 0 bridgehead atoms. The molecule has 0 saturated carbocycles. The van der Waals surface area contributed by atoms with Crippen molar-refractivity contribution in [2.75, 3.05) is 20.8 Å². The molecule has 1 amide bonds. The van der Waals surface area contributed by atoms with E-state index in [4.69, 9.17) is 14.6 Å². The van der Waals surface area contributed by atoms with E-state index in [1.165, 1.54) is 6.08 Å². The number of hydrogen-bond donors (Lipinski definition) is 2. The first-order chi connectivity index (χ1) is 12.0. The van der Waals surface area contributed by atoms with Crippen LogP contribution in [0.1, 0.15) is 11.1 Å². The van der Waals surface area contributed by atoms with Gasteiger partial charge < -0.3 is 19.9 Å². The van der Waals surface area contributed by atoms with E-state index in [1.807, 2.05) is 24.3 Å². The average Bonchev–Trinajstić information content (AvgIpc) is 2.64. The van der Waals surface area contributed by atoms with E-state index >= 15 is 0 Å². The number of hydrogen-bond acceptors (Lipinski definition) is 4. The minimum atomic E-state index is -1.10. The van der Waals surface area contributed by atoms with Crippen LogP contribution in [0, 0.1) is 0 Å². The molecule has 25 heavy (non-hydrogen) atoms. The second-order valence-corrected chi connectivity index (χ2v) is 5.13. The minimum Gasteiger partial charge on any atom is -0.497 e. The first-order valence-corrected chi connectivity index (χ1v) is 7.53. The van der Waals surface area contributed by atoms with Crippen LogP contribution in [-0.4, -0.2) is 37.7 Å². The van der Waals surface area contributed by atoms with Gasteiger partial charge in [0.15, 0.2) is 0 Å². The van der Waals surface area contributed by atoms with Gasteiger partial charge in [-0.05, 0) is 41.0 Å². The van der Waals surface area contributed by atoms with Gasteiger partial charge in [0.2, 0.25) is 5.91 Å². The Morgan fingerprint density at radius 2 is 1.36 bits per heavy atom. The molecule has 0 fully saturated rings. The van der Waals surface area contributed by atoms with Gasteiger partial charge in [0.05, 0.1) is 14.2 Å². The van der Waals surface area contributed by atoms with E-state index in [0.29, 0.717) is 17.1 Å². The number of carboxylic acids is 1. The van der Waals surface area contributed by atoms with Gasteiger partial charge in [0.1, 0.15) is 18.0 Å². The Morgan fingerprint density at radius 1 is 0.920 bits per heavy atom. The molecule has 0 heterocycles. The average molecular weight is 341 g/mol. The van der Waals surface area contributed by atoms with Crippen molar-refractivity contribution < 1.29 is 24.2 Å². The number of ether oxygens (including phenoxy) is 2. The Bertz CT molecular complexity index is 714. The molecule has 0 aliphatic carbocycles. The highest BCUT2D eigenvalue weighted by molar-refractivity contribution is 6.00. The summed E-state index contributed by atoms with van der Waals surface area (Å²) in [5.74, 6) is -0.178. The van der Waals surface area contributed by atoms with Crippen LogP contribution in [0.25, 0.3) is 5.57 Å². The first-order valence-electron chi connectivity index (χ1n) is 7.53. The summed E-state index contributed by atoms with van der Waals surface area (Å²) in [6.45, 7) is -0.437. The van der Waals surface area contributed by atoms with E-state index in [2.05, 4.69) is 5.32 Å². The number of carbonyl (C=O) groups excluding carboxylic acids is 1. The van der Waals surface area contributed by atoms with Crippen molar-refractivity contribution in [2.24, 2.45) is 0 Å². The molecule has 2 aromatic carbocycles. The third-order valence-electron chi connectivity index (χ3n) is 3.49. The largest absolute Gasteiger partial charge is 0.497 e. The van der Waals surface area contributed by atoms with E-state index in [-0.39, 0.29) is 0 Å². The van der Waals surface area contributed by atoms with Crippen molar-refractivity contribution in [3.63, 3.8) is 0 Å². The Labute approximate surface area is 145 Å². The molecule has 0 atom stereocenters. The second-order valence-electron chi connectivity index (χ2n) is 5.13. The quantitative estimate of drug-likeness (QED) is 0.755. The predicted octanol–water partition coefficient (Wildman–Crippen LogP) is 2.34. The number of rotatable bonds is 7. The molecule has 0 radical (unpaired) electrons. The van der Waals surface area contributed by atoms with Crippen LogP contribution in [-0.2, 0) is 9.59 Å². The summed E-state index contributed by atoms with van der Waals surface area (Å²) in [7, 11) is 3.16. The molecule has 2 rings (SSSR count). The first kappa shape index (κ1) is 18.1. The third-order valence-corrected chi connectivity index (χ3v) is 3.49. The van der Waals surface area contributed by atoms with Crippen LogP contribution in [0.4, 0.5) is 0 Å². The maximum absolute atomic E-state index is 12.1. The number of aliphatic carboxylic acids is 1. The Morgan fingerprint density at radius 3 is 1.72 bits per heavy atom. The van der Waals surface area contributed by atoms with Crippen molar-refractivity contribution >= 4 is 17.4 Å². The fourth-order valence-electron chi connectivity index (χ4n) is 2.22. The van der Waals surface area contributed by atoms with Crippen molar-refractivity contribution in [3.8, 4) is 11.5 Å². The molecule has 0 saturated heterocycles. The van der Waals surface area contributed by atoms with Crippen molar-refractivity contribution in [3.05, 3.63) is 65.7 Å². The van der Waals surface area contributed by atoms with Crippen molar-refractivity contribution in [1.82, 2.24) is 5.32 Å². The van der Waals surface area contributed by atoms with Crippen LogP contribution in [0.15, 0.2) is 54.6 Å². The molecule has 2 N–H and O–H groups in total. The minimum absolute atomic E-state index is 0.437. The molecule has 130 valence electrons. The Kier molecular flexibility index (Phi) is 6.17. The van der Waals surface area contributed by atoms with Crippen molar-refractivity contribution in [1.29, 1.82) is 0 Å². The lowest BCUT2D eigenvalue weighted by Gasteiger charge is -2.10. The highest BCUT2D eigenvalue weighted by Crippen LogP contribution is 2.26. The van der Waals surface area contributed by atoms with Crippen LogP contribution in [0.2, 0.25) is 0 Å². The number of methoxy groups -OCH3 is 2. The van der Waals surface area contributed by atoms with Gasteiger partial charge in [-0.3, -0.25) is 9.59 Å². The molecular formula is C19H19NO5. The van der Waals surface area contributed by atoms with E-state index in [9.17, 15) is 9.59 Å². The summed E-state index contributed by atoms with van der Waals surface area (Å²) in [5, 5.41) is 11.0. The molecule has 6 heteroatoms. The van der Waals surface area contributed by atoms with Crippen molar-refractivity contribution in [2.45, 2.75) is 0 Å². The molecule has 2 aromatic rings. The second kappa shape index (κ2) is 8.54. The lowest BCUT2D eigenvalue weighted by molar-refractivity contribution is -0.137. The molecule has 0 aliphatic rings. The Balaban J connectivity index is 2.38. The maximum atomic E-state index is 12.1. The normalized spacial score (nSPS) is 9.84. The molecule has 0 aliphatic heterocycles. The zero-order valence-electron chi connectivity index (χ0n) is 14.0. The molecule has 0 unspecified atom stereocenters. The Hall–Kier alpha value is -3.28. The summed E-state index contributed by atoms with van der Waals surface area (Å²) in [6.07, 6.45) is 1.38. The maximum Gasteiger partial charge on any atom is 0.322 e. The highest BCUT2D eigenvalue weighted by atomic mass is 16.5. The summed E-state index contributed by atoms with van der Waals surface area (Å²) in [6, 6.07) is 14.5. The summed E-state index contributed by atoms with van der Waals surface area (Å²) < 4.78 is 10.3. The van der Waals surface area contributed by atoms with E-state index < -0.39 is 18.4 Å². The topological polar surface area (TPSA) is 84.9 Å². The third kappa shape index (κ3) is 5.10.